The molecule has 0 amide bonds. The molecule has 0 saturated heterocycles. The van der Waals surface area contributed by atoms with Gasteiger partial charge in [0.2, 0.25) is 0 Å². The van der Waals surface area contributed by atoms with Gasteiger partial charge in [0.15, 0.2) is 11.5 Å². The minimum atomic E-state index is -0.277. The summed E-state index contributed by atoms with van der Waals surface area (Å²) in [7, 11) is 0. The smallest absolute Gasteiger partial charge is 0.160 e. The molecule has 0 bridgehead atoms. The molecule has 0 unspecified atom stereocenters. The fourth-order valence-corrected chi connectivity index (χ4v) is 2.92. The van der Waals surface area contributed by atoms with Crippen LogP contribution in [0.5, 0.6) is 0 Å². The molecule has 5 rings (SSSR count). The molecule has 0 aliphatic heterocycles. The number of halogens is 1. The number of fused-ring (bicyclic) bond motifs is 1. The summed E-state index contributed by atoms with van der Waals surface area (Å²) in [6, 6.07) is 10.0. The van der Waals surface area contributed by atoms with Crippen LogP contribution in [-0.4, -0.2) is 35.1 Å². The molecule has 0 aliphatic rings. The Labute approximate surface area is 152 Å². The zero-order chi connectivity index (χ0) is 18.2. The first-order chi connectivity index (χ1) is 13.3. The summed E-state index contributed by atoms with van der Waals surface area (Å²) in [4.78, 5) is 20.2. The summed E-state index contributed by atoms with van der Waals surface area (Å²) in [5.74, 6) is 0.312. The van der Waals surface area contributed by atoms with Crippen molar-refractivity contribution in [2.75, 3.05) is 0 Å². The molecule has 2 N–H and O–H groups in total. The van der Waals surface area contributed by atoms with Crippen molar-refractivity contribution < 1.29 is 4.39 Å². The van der Waals surface area contributed by atoms with E-state index in [1.165, 1.54) is 18.5 Å². The fourth-order valence-electron chi connectivity index (χ4n) is 2.92. The first kappa shape index (κ1) is 15.3. The molecule has 0 fully saturated rings. The standard InChI is InChI=1S/C19H12FN7/c20-13-3-1-11(2-4-13)14-5-6-23-19-17(14)24-18(25-19)16-7-15(26-27-16)12-8-21-10-22-9-12/h1-10H,(H,26,27)(H,23,24,25). The van der Waals surface area contributed by atoms with E-state index in [2.05, 4.69) is 35.1 Å². The number of imidazole rings is 1. The van der Waals surface area contributed by atoms with E-state index in [1.807, 2.05) is 12.1 Å². The molecule has 0 atom stereocenters. The van der Waals surface area contributed by atoms with Gasteiger partial charge in [0.1, 0.15) is 23.4 Å². The van der Waals surface area contributed by atoms with Gasteiger partial charge in [-0.15, -0.1) is 0 Å². The second kappa shape index (κ2) is 6.10. The molecular formula is C19H12FN7. The van der Waals surface area contributed by atoms with Crippen LogP contribution in [0.3, 0.4) is 0 Å². The maximum absolute atomic E-state index is 13.2. The lowest BCUT2D eigenvalue weighted by molar-refractivity contribution is 0.628. The molecular weight excluding hydrogens is 345 g/mol. The minimum Gasteiger partial charge on any atom is -0.321 e. The highest BCUT2D eigenvalue weighted by Crippen LogP contribution is 2.29. The highest BCUT2D eigenvalue weighted by atomic mass is 19.1. The van der Waals surface area contributed by atoms with E-state index in [9.17, 15) is 4.39 Å². The minimum absolute atomic E-state index is 0.277. The van der Waals surface area contributed by atoms with Crippen LogP contribution < -0.4 is 0 Å². The number of benzene rings is 1. The average molecular weight is 357 g/mol. The second-order valence-corrected chi connectivity index (χ2v) is 5.94. The van der Waals surface area contributed by atoms with Crippen LogP contribution in [-0.2, 0) is 0 Å². The predicted octanol–water partition coefficient (Wildman–Crippen LogP) is 3.61. The number of H-pyrrole nitrogens is 2. The molecule has 4 aromatic heterocycles. The summed E-state index contributed by atoms with van der Waals surface area (Å²) in [5, 5.41) is 7.29. The van der Waals surface area contributed by atoms with E-state index in [4.69, 9.17) is 0 Å². The van der Waals surface area contributed by atoms with Crippen LogP contribution in [0.25, 0.3) is 45.1 Å². The van der Waals surface area contributed by atoms with Gasteiger partial charge >= 0.3 is 0 Å². The monoisotopic (exact) mass is 357 g/mol. The molecule has 1 aromatic carbocycles. The van der Waals surface area contributed by atoms with E-state index in [-0.39, 0.29) is 5.82 Å². The molecule has 0 saturated carbocycles. The topological polar surface area (TPSA) is 96.0 Å². The van der Waals surface area contributed by atoms with Crippen LogP contribution in [0.15, 0.2) is 61.3 Å². The predicted molar refractivity (Wildman–Crippen MR) is 97.9 cm³/mol. The van der Waals surface area contributed by atoms with Gasteiger partial charge in [-0.1, -0.05) is 12.1 Å². The summed E-state index contributed by atoms with van der Waals surface area (Å²) < 4.78 is 13.2. The molecule has 8 heteroatoms. The van der Waals surface area contributed by atoms with Crippen molar-refractivity contribution in [3.63, 3.8) is 0 Å². The van der Waals surface area contributed by atoms with E-state index >= 15 is 0 Å². The maximum Gasteiger partial charge on any atom is 0.160 e. The number of nitrogens with zero attached hydrogens (tertiary/aromatic N) is 5. The number of aromatic amines is 2. The van der Waals surface area contributed by atoms with Crippen LogP contribution >= 0.6 is 0 Å². The van der Waals surface area contributed by atoms with Crippen molar-refractivity contribution in [2.24, 2.45) is 0 Å². The zero-order valence-corrected chi connectivity index (χ0v) is 13.9. The molecule has 4 heterocycles. The normalized spacial score (nSPS) is 11.1. The third-order valence-electron chi connectivity index (χ3n) is 4.23. The zero-order valence-electron chi connectivity index (χ0n) is 13.9. The van der Waals surface area contributed by atoms with Crippen molar-refractivity contribution in [3.05, 3.63) is 67.1 Å². The Bertz CT molecular complexity index is 1230. The van der Waals surface area contributed by atoms with Gasteiger partial charge < -0.3 is 4.98 Å². The second-order valence-electron chi connectivity index (χ2n) is 5.94. The van der Waals surface area contributed by atoms with Gasteiger partial charge in [0, 0.05) is 29.7 Å². The Hall–Kier alpha value is -3.94. The van der Waals surface area contributed by atoms with Crippen molar-refractivity contribution in [2.45, 2.75) is 0 Å². The van der Waals surface area contributed by atoms with Crippen molar-refractivity contribution >= 4 is 11.2 Å². The summed E-state index contributed by atoms with van der Waals surface area (Å²) in [6.45, 7) is 0. The molecule has 0 aliphatic carbocycles. The number of hydrogen-bond acceptors (Lipinski definition) is 5. The van der Waals surface area contributed by atoms with Gasteiger partial charge in [0.05, 0.1) is 5.69 Å². The van der Waals surface area contributed by atoms with Crippen molar-refractivity contribution in [3.8, 4) is 33.9 Å². The molecule has 130 valence electrons. The number of aromatic nitrogens is 7. The van der Waals surface area contributed by atoms with Gasteiger partial charge in [-0.2, -0.15) is 5.10 Å². The Balaban J connectivity index is 1.59. The quantitative estimate of drug-likeness (QED) is 0.514. The Morgan fingerprint density at radius 1 is 0.926 bits per heavy atom. The number of hydrogen-bond donors (Lipinski definition) is 2. The van der Waals surface area contributed by atoms with Gasteiger partial charge in [-0.3, -0.25) is 5.10 Å². The van der Waals surface area contributed by atoms with E-state index in [0.29, 0.717) is 22.7 Å². The Morgan fingerprint density at radius 3 is 2.56 bits per heavy atom. The average Bonchev–Trinajstić information content (AvgIpc) is 3.36. The largest absolute Gasteiger partial charge is 0.321 e. The van der Waals surface area contributed by atoms with Crippen LogP contribution in [0.2, 0.25) is 0 Å². The molecule has 27 heavy (non-hydrogen) atoms. The number of rotatable bonds is 3. The third-order valence-corrected chi connectivity index (χ3v) is 4.23. The number of nitrogens with one attached hydrogen (secondary N) is 2. The Kier molecular flexibility index (Phi) is 3.46. The van der Waals surface area contributed by atoms with E-state index in [1.54, 1.807) is 30.7 Å². The summed E-state index contributed by atoms with van der Waals surface area (Å²) in [5.41, 5.74) is 5.35. The highest BCUT2D eigenvalue weighted by Gasteiger charge is 2.14. The Morgan fingerprint density at radius 2 is 1.74 bits per heavy atom. The first-order valence-corrected chi connectivity index (χ1v) is 8.20. The van der Waals surface area contributed by atoms with Crippen molar-refractivity contribution in [1.82, 2.24) is 35.1 Å². The summed E-state index contributed by atoms with van der Waals surface area (Å²) in [6.07, 6.45) is 6.58. The van der Waals surface area contributed by atoms with Crippen LogP contribution in [0.4, 0.5) is 4.39 Å². The van der Waals surface area contributed by atoms with Crippen LogP contribution in [0, 0.1) is 5.82 Å². The highest BCUT2D eigenvalue weighted by molar-refractivity contribution is 5.91. The van der Waals surface area contributed by atoms with Crippen molar-refractivity contribution in [1.29, 1.82) is 0 Å². The van der Waals surface area contributed by atoms with Gasteiger partial charge in [-0.25, -0.2) is 24.3 Å². The molecule has 5 aromatic rings. The van der Waals surface area contributed by atoms with E-state index < -0.39 is 0 Å². The van der Waals surface area contributed by atoms with Crippen LogP contribution in [0.1, 0.15) is 0 Å². The summed E-state index contributed by atoms with van der Waals surface area (Å²) >= 11 is 0. The van der Waals surface area contributed by atoms with E-state index in [0.717, 1.165) is 22.4 Å². The molecule has 0 spiro atoms. The SMILES string of the molecule is Fc1ccc(-c2ccnc3[nH]c(-c4cc(-c5cncnc5)[nH]n4)nc23)cc1. The molecule has 7 nitrogen and oxygen atoms in total. The lowest BCUT2D eigenvalue weighted by atomic mass is 10.1. The first-order valence-electron chi connectivity index (χ1n) is 8.20. The van der Waals surface area contributed by atoms with Gasteiger partial charge in [-0.05, 0) is 29.8 Å². The molecule has 0 radical (unpaired) electrons. The lowest BCUT2D eigenvalue weighted by Gasteiger charge is -2.01. The van der Waals surface area contributed by atoms with Gasteiger partial charge in [0.25, 0.3) is 0 Å². The fraction of sp³-hybridized carbons (Fsp3) is 0. The number of pyridine rings is 1. The maximum atomic E-state index is 13.2. The lowest BCUT2D eigenvalue weighted by Crippen LogP contribution is -1.83. The third kappa shape index (κ3) is 2.73.